The van der Waals surface area contributed by atoms with Crippen LogP contribution in [-0.2, 0) is 5.41 Å². The van der Waals surface area contributed by atoms with Crippen molar-refractivity contribution in [2.75, 3.05) is 0 Å². The molecule has 2 aromatic carbocycles. The number of aryl methyl sites for hydroxylation is 1. The molecule has 0 spiro atoms. The molecule has 0 atom stereocenters. The normalized spacial score (nSPS) is 11.6. The van der Waals surface area contributed by atoms with E-state index in [0.717, 1.165) is 11.1 Å². The predicted molar refractivity (Wildman–Crippen MR) is 116 cm³/mol. The van der Waals surface area contributed by atoms with E-state index in [0.29, 0.717) is 22.6 Å². The van der Waals surface area contributed by atoms with Crippen molar-refractivity contribution in [3.05, 3.63) is 87.2 Å². The van der Waals surface area contributed by atoms with Crippen molar-refractivity contribution in [3.63, 3.8) is 0 Å². The van der Waals surface area contributed by atoms with Crippen molar-refractivity contribution >= 4 is 17.8 Å². The fourth-order valence-corrected chi connectivity index (χ4v) is 2.90. The number of benzene rings is 2. The SMILES string of the molecule is Cc1ccc([N+](=O)[O-])cc1-c1ccc(/C=N\NC(=O)c2ccc(C(C)(C)C)cc2)o1. The molecule has 0 bridgehead atoms. The molecule has 0 aliphatic rings. The molecule has 7 heteroatoms. The number of non-ortho nitro benzene ring substituents is 1. The molecular formula is C23H23N3O4. The van der Waals surface area contributed by atoms with Crippen molar-refractivity contribution < 1.29 is 14.1 Å². The second kappa shape index (κ2) is 8.32. The number of hydrazone groups is 1. The van der Waals surface area contributed by atoms with E-state index < -0.39 is 4.92 Å². The Morgan fingerprint density at radius 2 is 1.80 bits per heavy atom. The van der Waals surface area contributed by atoms with Gasteiger partial charge in [0.1, 0.15) is 11.5 Å². The lowest BCUT2D eigenvalue weighted by Gasteiger charge is -2.18. The number of hydrogen-bond acceptors (Lipinski definition) is 5. The van der Waals surface area contributed by atoms with Gasteiger partial charge in [-0.05, 0) is 47.7 Å². The number of carbonyl (C=O) groups is 1. The van der Waals surface area contributed by atoms with Crippen LogP contribution in [0.15, 0.2) is 64.1 Å². The third-order valence-electron chi connectivity index (χ3n) is 4.70. The minimum atomic E-state index is -0.447. The van der Waals surface area contributed by atoms with Crippen LogP contribution in [-0.4, -0.2) is 17.0 Å². The summed E-state index contributed by atoms with van der Waals surface area (Å²) in [5, 5.41) is 14.9. The zero-order valence-electron chi connectivity index (χ0n) is 17.3. The highest BCUT2D eigenvalue weighted by Gasteiger charge is 2.15. The maximum absolute atomic E-state index is 12.2. The van der Waals surface area contributed by atoms with Gasteiger partial charge in [-0.2, -0.15) is 5.10 Å². The summed E-state index contributed by atoms with van der Waals surface area (Å²) in [5.74, 6) is 0.578. The fraction of sp³-hybridized carbons (Fsp3) is 0.217. The van der Waals surface area contributed by atoms with E-state index in [1.807, 2.05) is 19.1 Å². The van der Waals surface area contributed by atoms with Crippen LogP contribution in [0, 0.1) is 17.0 Å². The maximum Gasteiger partial charge on any atom is 0.271 e. The molecule has 154 valence electrons. The van der Waals surface area contributed by atoms with Gasteiger partial charge in [-0.1, -0.05) is 39.0 Å². The van der Waals surface area contributed by atoms with Crippen molar-refractivity contribution in [3.8, 4) is 11.3 Å². The van der Waals surface area contributed by atoms with Crippen LogP contribution >= 0.6 is 0 Å². The zero-order valence-corrected chi connectivity index (χ0v) is 17.3. The molecule has 3 aromatic rings. The van der Waals surface area contributed by atoms with Crippen LogP contribution in [0.5, 0.6) is 0 Å². The van der Waals surface area contributed by atoms with Crippen LogP contribution in [0.4, 0.5) is 5.69 Å². The summed E-state index contributed by atoms with van der Waals surface area (Å²) >= 11 is 0. The summed E-state index contributed by atoms with van der Waals surface area (Å²) in [4.78, 5) is 22.8. The van der Waals surface area contributed by atoms with Gasteiger partial charge in [-0.25, -0.2) is 5.43 Å². The standard InChI is InChI=1S/C23H23N3O4/c1-15-5-10-18(26(28)29)13-20(15)21-12-11-19(30-21)14-24-25-22(27)16-6-8-17(9-7-16)23(2,3)4/h5-14H,1-4H3,(H,25,27)/b24-14-. The van der Waals surface area contributed by atoms with Crippen LogP contribution < -0.4 is 5.43 Å². The first kappa shape index (κ1) is 21.0. The highest BCUT2D eigenvalue weighted by Crippen LogP contribution is 2.29. The van der Waals surface area contributed by atoms with Crippen molar-refractivity contribution in [2.24, 2.45) is 5.10 Å². The molecule has 0 saturated heterocycles. The Morgan fingerprint density at radius 3 is 2.43 bits per heavy atom. The number of nitrogens with zero attached hydrogens (tertiary/aromatic N) is 2. The highest BCUT2D eigenvalue weighted by atomic mass is 16.6. The zero-order chi connectivity index (χ0) is 21.9. The minimum Gasteiger partial charge on any atom is -0.455 e. The van der Waals surface area contributed by atoms with E-state index in [4.69, 9.17) is 4.42 Å². The molecule has 1 heterocycles. The van der Waals surface area contributed by atoms with Gasteiger partial charge in [0.05, 0.1) is 11.1 Å². The van der Waals surface area contributed by atoms with E-state index in [1.54, 1.807) is 30.3 Å². The average Bonchev–Trinajstić information content (AvgIpc) is 3.16. The Hall–Kier alpha value is -3.74. The minimum absolute atomic E-state index is 0.00744. The largest absolute Gasteiger partial charge is 0.455 e. The molecule has 0 saturated carbocycles. The molecule has 7 nitrogen and oxygen atoms in total. The molecular weight excluding hydrogens is 382 g/mol. The molecule has 30 heavy (non-hydrogen) atoms. The first-order chi connectivity index (χ1) is 14.1. The smallest absolute Gasteiger partial charge is 0.271 e. The van der Waals surface area contributed by atoms with E-state index in [-0.39, 0.29) is 17.0 Å². The fourth-order valence-electron chi connectivity index (χ4n) is 2.90. The lowest BCUT2D eigenvalue weighted by atomic mass is 9.87. The second-order valence-corrected chi connectivity index (χ2v) is 7.98. The van der Waals surface area contributed by atoms with Crippen LogP contribution in [0.2, 0.25) is 0 Å². The number of hydrogen-bond donors (Lipinski definition) is 1. The lowest BCUT2D eigenvalue weighted by Crippen LogP contribution is -2.18. The summed E-state index contributed by atoms with van der Waals surface area (Å²) in [6.07, 6.45) is 1.39. The first-order valence-electron chi connectivity index (χ1n) is 9.44. The van der Waals surface area contributed by atoms with E-state index in [1.165, 1.54) is 18.3 Å². The molecule has 1 N–H and O–H groups in total. The second-order valence-electron chi connectivity index (χ2n) is 7.98. The summed E-state index contributed by atoms with van der Waals surface area (Å²) in [7, 11) is 0. The number of nitro groups is 1. The van der Waals surface area contributed by atoms with Crippen LogP contribution in [0.3, 0.4) is 0 Å². The van der Waals surface area contributed by atoms with Gasteiger partial charge in [0.15, 0.2) is 0 Å². The van der Waals surface area contributed by atoms with Gasteiger partial charge in [0, 0.05) is 23.3 Å². The molecule has 0 fully saturated rings. The third kappa shape index (κ3) is 4.81. The number of nitro benzene ring substituents is 1. The van der Waals surface area contributed by atoms with Crippen LogP contribution in [0.1, 0.15) is 48.0 Å². The molecule has 1 aromatic heterocycles. The predicted octanol–water partition coefficient (Wildman–Crippen LogP) is 5.22. The van der Waals surface area contributed by atoms with E-state index in [2.05, 4.69) is 31.3 Å². The number of rotatable bonds is 5. The number of amides is 1. The summed E-state index contributed by atoms with van der Waals surface area (Å²) in [6, 6.07) is 15.4. The van der Waals surface area contributed by atoms with Crippen LogP contribution in [0.25, 0.3) is 11.3 Å². The quantitative estimate of drug-likeness (QED) is 0.357. The molecule has 0 aliphatic carbocycles. The van der Waals surface area contributed by atoms with Gasteiger partial charge in [-0.15, -0.1) is 0 Å². The Balaban J connectivity index is 1.68. The Labute approximate surface area is 174 Å². The van der Waals surface area contributed by atoms with Crippen molar-refractivity contribution in [1.82, 2.24) is 5.43 Å². The average molecular weight is 405 g/mol. The molecule has 0 aliphatic heterocycles. The van der Waals surface area contributed by atoms with Crippen molar-refractivity contribution in [2.45, 2.75) is 33.1 Å². The summed E-state index contributed by atoms with van der Waals surface area (Å²) in [6.45, 7) is 8.18. The Morgan fingerprint density at radius 1 is 1.10 bits per heavy atom. The molecule has 1 amide bonds. The highest BCUT2D eigenvalue weighted by molar-refractivity contribution is 5.94. The summed E-state index contributed by atoms with van der Waals surface area (Å²) < 4.78 is 5.70. The third-order valence-corrected chi connectivity index (χ3v) is 4.70. The summed E-state index contributed by atoms with van der Waals surface area (Å²) in [5.41, 5.74) is 5.61. The van der Waals surface area contributed by atoms with E-state index >= 15 is 0 Å². The number of nitrogens with one attached hydrogen (secondary N) is 1. The maximum atomic E-state index is 12.2. The first-order valence-corrected chi connectivity index (χ1v) is 9.44. The van der Waals surface area contributed by atoms with Crippen molar-refractivity contribution in [1.29, 1.82) is 0 Å². The molecule has 0 unspecified atom stereocenters. The Bertz CT molecular complexity index is 1110. The lowest BCUT2D eigenvalue weighted by molar-refractivity contribution is -0.384. The van der Waals surface area contributed by atoms with Gasteiger partial charge in [0.25, 0.3) is 11.6 Å². The monoisotopic (exact) mass is 405 g/mol. The number of carbonyl (C=O) groups excluding carboxylic acids is 1. The van der Waals surface area contributed by atoms with E-state index in [9.17, 15) is 14.9 Å². The Kier molecular flexibility index (Phi) is 5.82. The van der Waals surface area contributed by atoms with Gasteiger partial charge in [-0.3, -0.25) is 14.9 Å². The van der Waals surface area contributed by atoms with Gasteiger partial charge < -0.3 is 4.42 Å². The van der Waals surface area contributed by atoms with Gasteiger partial charge in [0.2, 0.25) is 0 Å². The number of furan rings is 1. The topological polar surface area (TPSA) is 97.7 Å². The van der Waals surface area contributed by atoms with Gasteiger partial charge >= 0.3 is 0 Å². The molecule has 3 rings (SSSR count). The molecule has 0 radical (unpaired) electrons.